The molecule has 0 saturated carbocycles. The molecule has 0 aliphatic heterocycles. The van der Waals surface area contributed by atoms with E-state index >= 15 is 0 Å². The number of para-hydroxylation sites is 6. The van der Waals surface area contributed by atoms with Crippen LogP contribution in [0.25, 0.3) is 98.5 Å². The van der Waals surface area contributed by atoms with Crippen LogP contribution >= 0.6 is 0 Å². The van der Waals surface area contributed by atoms with Crippen LogP contribution in [0.5, 0.6) is 0 Å². The average Bonchev–Trinajstić information content (AvgIpc) is 3.89. The summed E-state index contributed by atoms with van der Waals surface area (Å²) < 4.78 is 6.89. The minimum Gasteiger partial charge on any atom is -0.318 e. The average molecular weight is 700 g/mol. The largest absolute Gasteiger partial charge is 0.318 e. The molecule has 0 fully saturated rings. The maximum Gasteiger partial charge on any atom is 0.210 e. The normalized spacial score (nSPS) is 11.6. The summed E-state index contributed by atoms with van der Waals surface area (Å²) in [4.78, 5) is 4.00. The standard InChI is InChI=1S/C50H29N5/c1-52-40-29-28-32(30-48(40)55-44-24-10-5-18-37(44)38-20-12-14-33(31-51)50(38)55)34-15-2-7-21-41(34)53-45-25-11-6-19-39(45)49-46(53)26-13-27-47(49)54-42-22-8-3-16-35(42)36-17-4-9-23-43(36)54/h2-30H. The second kappa shape index (κ2) is 11.8. The molecule has 8 aromatic carbocycles. The molecule has 0 amide bonds. The molecular weight excluding hydrogens is 671 g/mol. The predicted molar refractivity (Wildman–Crippen MR) is 226 cm³/mol. The number of hydrogen-bond acceptors (Lipinski definition) is 1. The number of nitriles is 1. The summed E-state index contributed by atoms with van der Waals surface area (Å²) in [7, 11) is 0. The van der Waals surface area contributed by atoms with E-state index in [9.17, 15) is 5.26 Å². The fourth-order valence-corrected chi connectivity index (χ4v) is 8.86. The second-order valence-electron chi connectivity index (χ2n) is 13.9. The van der Waals surface area contributed by atoms with E-state index in [2.05, 4.69) is 164 Å². The third-order valence-electron chi connectivity index (χ3n) is 11.1. The molecule has 55 heavy (non-hydrogen) atoms. The van der Waals surface area contributed by atoms with Gasteiger partial charge in [-0.3, -0.25) is 0 Å². The predicted octanol–water partition coefficient (Wildman–Crippen LogP) is 13.1. The van der Waals surface area contributed by atoms with Gasteiger partial charge in [0, 0.05) is 37.9 Å². The summed E-state index contributed by atoms with van der Waals surface area (Å²) in [5.41, 5.74) is 12.3. The lowest BCUT2D eigenvalue weighted by atomic mass is 10.0. The lowest BCUT2D eigenvalue weighted by Crippen LogP contribution is -2.00. The lowest BCUT2D eigenvalue weighted by molar-refractivity contribution is 1.16. The Labute approximate surface area is 316 Å². The zero-order valence-corrected chi connectivity index (χ0v) is 29.5. The molecule has 0 atom stereocenters. The maximum atomic E-state index is 10.3. The Kier molecular flexibility index (Phi) is 6.61. The lowest BCUT2D eigenvalue weighted by Gasteiger charge is -2.17. The van der Waals surface area contributed by atoms with Crippen LogP contribution in [0.1, 0.15) is 5.56 Å². The van der Waals surface area contributed by atoms with Gasteiger partial charge in [-0.05, 0) is 60.2 Å². The smallest absolute Gasteiger partial charge is 0.210 e. The van der Waals surface area contributed by atoms with Crippen molar-refractivity contribution in [1.29, 1.82) is 5.26 Å². The molecule has 0 N–H and O–H groups in total. The van der Waals surface area contributed by atoms with E-state index < -0.39 is 0 Å². The maximum absolute atomic E-state index is 10.3. The highest BCUT2D eigenvalue weighted by Crippen LogP contribution is 2.43. The van der Waals surface area contributed by atoms with Crippen molar-refractivity contribution in [3.8, 4) is 34.3 Å². The highest BCUT2D eigenvalue weighted by atomic mass is 15.0. The first-order chi connectivity index (χ1) is 27.2. The fraction of sp³-hybridized carbons (Fsp3) is 0. The summed E-state index contributed by atoms with van der Waals surface area (Å²) in [5, 5.41) is 17.1. The molecule has 0 unspecified atom stereocenters. The Morgan fingerprint density at radius 2 is 0.945 bits per heavy atom. The van der Waals surface area contributed by atoms with Gasteiger partial charge in [-0.25, -0.2) is 4.85 Å². The second-order valence-corrected chi connectivity index (χ2v) is 13.9. The van der Waals surface area contributed by atoms with Gasteiger partial charge in [-0.1, -0.05) is 121 Å². The van der Waals surface area contributed by atoms with Crippen LogP contribution in [-0.4, -0.2) is 13.7 Å². The molecular formula is C50H29N5. The topological polar surface area (TPSA) is 42.9 Å². The third-order valence-corrected chi connectivity index (χ3v) is 11.1. The molecule has 0 saturated heterocycles. The third kappa shape index (κ3) is 4.33. The first-order valence-corrected chi connectivity index (χ1v) is 18.3. The molecule has 5 heteroatoms. The highest BCUT2D eigenvalue weighted by molar-refractivity contribution is 6.17. The van der Waals surface area contributed by atoms with Crippen molar-refractivity contribution in [3.63, 3.8) is 0 Å². The quantitative estimate of drug-likeness (QED) is 0.169. The minimum atomic E-state index is 0.518. The number of nitrogens with zero attached hydrogens (tertiary/aromatic N) is 5. The van der Waals surface area contributed by atoms with Crippen molar-refractivity contribution in [2.24, 2.45) is 0 Å². The Balaban J connectivity index is 1.19. The Bertz CT molecular complexity index is 3420. The first kappa shape index (κ1) is 30.7. The summed E-state index contributed by atoms with van der Waals surface area (Å²) in [6, 6.07) is 63.6. The van der Waals surface area contributed by atoms with Crippen molar-refractivity contribution in [1.82, 2.24) is 13.7 Å². The number of hydrogen-bond donors (Lipinski definition) is 0. The van der Waals surface area contributed by atoms with E-state index in [1.54, 1.807) is 0 Å². The van der Waals surface area contributed by atoms with E-state index in [1.165, 1.54) is 32.6 Å². The van der Waals surface area contributed by atoms with Gasteiger partial charge in [0.1, 0.15) is 6.07 Å². The van der Waals surface area contributed by atoms with Gasteiger partial charge < -0.3 is 13.7 Å². The van der Waals surface area contributed by atoms with Gasteiger partial charge in [0.2, 0.25) is 5.69 Å². The van der Waals surface area contributed by atoms with Gasteiger partial charge in [0.05, 0.1) is 62.3 Å². The molecule has 0 aliphatic rings. The van der Waals surface area contributed by atoms with E-state index in [1.807, 2.05) is 36.4 Å². The Morgan fingerprint density at radius 1 is 0.436 bits per heavy atom. The number of fused-ring (bicyclic) bond motifs is 9. The van der Waals surface area contributed by atoms with Crippen LogP contribution in [0.3, 0.4) is 0 Å². The molecule has 3 aromatic heterocycles. The first-order valence-electron chi connectivity index (χ1n) is 18.3. The number of benzene rings is 8. The molecule has 11 aromatic rings. The molecule has 11 rings (SSSR count). The molecule has 3 heterocycles. The van der Waals surface area contributed by atoms with Crippen LogP contribution in [-0.2, 0) is 0 Å². The van der Waals surface area contributed by atoms with Crippen molar-refractivity contribution in [3.05, 3.63) is 193 Å². The van der Waals surface area contributed by atoms with Crippen molar-refractivity contribution in [2.75, 3.05) is 0 Å². The molecule has 0 bridgehead atoms. The number of rotatable bonds is 4. The van der Waals surface area contributed by atoms with Gasteiger partial charge >= 0.3 is 0 Å². The van der Waals surface area contributed by atoms with Gasteiger partial charge in [0.15, 0.2) is 0 Å². The molecule has 0 aliphatic carbocycles. The van der Waals surface area contributed by atoms with E-state index in [0.29, 0.717) is 11.3 Å². The summed E-state index contributed by atoms with van der Waals surface area (Å²) in [6.45, 7) is 8.23. The van der Waals surface area contributed by atoms with Crippen LogP contribution in [0.4, 0.5) is 5.69 Å². The molecule has 0 radical (unpaired) electrons. The molecule has 0 spiro atoms. The summed E-state index contributed by atoms with van der Waals surface area (Å²) in [5.74, 6) is 0. The van der Waals surface area contributed by atoms with Gasteiger partial charge in [-0.2, -0.15) is 5.26 Å². The highest BCUT2D eigenvalue weighted by Gasteiger charge is 2.22. The van der Waals surface area contributed by atoms with Gasteiger partial charge in [-0.15, -0.1) is 0 Å². The van der Waals surface area contributed by atoms with Crippen LogP contribution < -0.4 is 0 Å². The molecule has 5 nitrogen and oxygen atoms in total. The fourth-order valence-electron chi connectivity index (χ4n) is 8.86. The van der Waals surface area contributed by atoms with E-state index in [4.69, 9.17) is 6.57 Å². The van der Waals surface area contributed by atoms with Crippen LogP contribution in [0.15, 0.2) is 176 Å². The summed E-state index contributed by atoms with van der Waals surface area (Å²) >= 11 is 0. The SMILES string of the molecule is [C-]#[N+]c1ccc(-c2ccccc2-n2c3ccccc3c3c(-n4c5ccccc5c5ccccc54)cccc32)cc1-n1c2ccccc2c2cccc(C#N)c21. The van der Waals surface area contributed by atoms with Crippen molar-refractivity contribution >= 4 is 71.1 Å². The summed E-state index contributed by atoms with van der Waals surface area (Å²) in [6.07, 6.45) is 0. The Morgan fingerprint density at radius 3 is 1.64 bits per heavy atom. The molecule has 254 valence electrons. The van der Waals surface area contributed by atoms with Gasteiger partial charge in [0.25, 0.3) is 0 Å². The minimum absolute atomic E-state index is 0.518. The zero-order valence-electron chi connectivity index (χ0n) is 29.5. The van der Waals surface area contributed by atoms with Crippen LogP contribution in [0, 0.1) is 17.9 Å². The number of aromatic nitrogens is 3. The zero-order chi connectivity index (χ0) is 36.6. The monoisotopic (exact) mass is 699 g/mol. The van der Waals surface area contributed by atoms with Crippen molar-refractivity contribution in [2.45, 2.75) is 0 Å². The Hall–Kier alpha value is -7.86. The van der Waals surface area contributed by atoms with E-state index in [-0.39, 0.29) is 0 Å². The van der Waals surface area contributed by atoms with Crippen molar-refractivity contribution < 1.29 is 0 Å². The van der Waals surface area contributed by atoms with E-state index in [0.717, 1.165) is 61.0 Å². The van der Waals surface area contributed by atoms with Crippen LogP contribution in [0.2, 0.25) is 0 Å².